The van der Waals surface area contributed by atoms with Gasteiger partial charge in [-0.1, -0.05) is 50.2 Å². The van der Waals surface area contributed by atoms with Crippen LogP contribution in [0.15, 0.2) is 48.5 Å². The first kappa shape index (κ1) is 24.1. The first-order chi connectivity index (χ1) is 16.4. The summed E-state index contributed by atoms with van der Waals surface area (Å²) in [6.07, 6.45) is 5.15. The highest BCUT2D eigenvalue weighted by Gasteiger charge is 2.20. The highest BCUT2D eigenvalue weighted by atomic mass is 32.1. The molecular formula is C27H34N4O2S. The van der Waals surface area contributed by atoms with Gasteiger partial charge in [0.25, 0.3) is 0 Å². The van der Waals surface area contributed by atoms with Gasteiger partial charge in [-0.25, -0.2) is 4.98 Å². The van der Waals surface area contributed by atoms with Crippen LogP contribution in [0.25, 0.3) is 0 Å². The van der Waals surface area contributed by atoms with Crippen molar-refractivity contribution in [3.63, 3.8) is 0 Å². The van der Waals surface area contributed by atoms with Crippen molar-refractivity contribution >= 4 is 39.4 Å². The lowest BCUT2D eigenvalue weighted by Crippen LogP contribution is -2.30. The molecule has 2 aromatic carbocycles. The molecule has 1 aliphatic rings. The number of nitrogens with zero attached hydrogens (tertiary/aromatic N) is 2. The van der Waals surface area contributed by atoms with E-state index in [1.54, 1.807) is 31.4 Å². The zero-order valence-corrected chi connectivity index (χ0v) is 21.0. The van der Waals surface area contributed by atoms with Crippen molar-refractivity contribution in [1.82, 2.24) is 4.98 Å². The zero-order valence-electron chi connectivity index (χ0n) is 20.2. The van der Waals surface area contributed by atoms with Crippen molar-refractivity contribution in [3.8, 4) is 5.75 Å². The van der Waals surface area contributed by atoms with Gasteiger partial charge in [-0.3, -0.25) is 4.79 Å². The number of thiazole rings is 1. The Hall–Kier alpha value is -3.06. The van der Waals surface area contributed by atoms with Crippen molar-refractivity contribution in [2.24, 2.45) is 11.8 Å². The lowest BCUT2D eigenvalue weighted by molar-refractivity contribution is 0.104. The van der Waals surface area contributed by atoms with Gasteiger partial charge in [-0.2, -0.15) is 0 Å². The van der Waals surface area contributed by atoms with Gasteiger partial charge in [0, 0.05) is 30.0 Å². The smallest absolute Gasteiger partial charge is 0.206 e. The summed E-state index contributed by atoms with van der Waals surface area (Å²) in [4.78, 5) is 20.2. The number of nitrogen functional groups attached to an aromatic ring is 1. The SMILES string of the molecule is COc1cccc(C(=O)c2sc(Nc3ccc(N4CCCCC(C(C)C)CC4)cc3)nc2N)c1. The summed E-state index contributed by atoms with van der Waals surface area (Å²) in [6.45, 7) is 6.90. The van der Waals surface area contributed by atoms with E-state index in [4.69, 9.17) is 10.5 Å². The number of carbonyl (C=O) groups excluding carboxylic acids is 1. The number of anilines is 4. The van der Waals surface area contributed by atoms with Crippen LogP contribution >= 0.6 is 11.3 Å². The molecule has 180 valence electrons. The van der Waals surface area contributed by atoms with Crippen LogP contribution in [-0.4, -0.2) is 31.0 Å². The number of rotatable bonds is 7. The van der Waals surface area contributed by atoms with Crippen LogP contribution in [0, 0.1) is 11.8 Å². The Morgan fingerprint density at radius 2 is 1.94 bits per heavy atom. The highest BCUT2D eigenvalue weighted by molar-refractivity contribution is 7.18. The third-order valence-electron chi connectivity index (χ3n) is 6.64. The number of aromatic nitrogens is 1. The summed E-state index contributed by atoms with van der Waals surface area (Å²) in [6, 6.07) is 15.5. The van der Waals surface area contributed by atoms with Crippen LogP contribution < -0.4 is 20.7 Å². The molecule has 0 radical (unpaired) electrons. The summed E-state index contributed by atoms with van der Waals surface area (Å²) in [5.74, 6) is 2.27. The van der Waals surface area contributed by atoms with Crippen LogP contribution in [-0.2, 0) is 0 Å². The number of benzene rings is 2. The van der Waals surface area contributed by atoms with E-state index in [9.17, 15) is 4.79 Å². The summed E-state index contributed by atoms with van der Waals surface area (Å²) in [7, 11) is 1.58. The average Bonchev–Trinajstić information content (AvgIpc) is 3.19. The maximum absolute atomic E-state index is 12.9. The van der Waals surface area contributed by atoms with E-state index in [1.807, 2.05) is 0 Å². The fourth-order valence-electron chi connectivity index (χ4n) is 4.53. The molecule has 0 bridgehead atoms. The summed E-state index contributed by atoms with van der Waals surface area (Å²) in [5, 5.41) is 3.90. The molecule has 0 amide bonds. The molecule has 0 saturated carbocycles. The molecule has 1 fully saturated rings. The number of nitrogens with two attached hydrogens (primary N) is 1. The Balaban J connectivity index is 1.43. The monoisotopic (exact) mass is 478 g/mol. The molecule has 2 heterocycles. The second kappa shape index (κ2) is 10.9. The molecule has 0 spiro atoms. The summed E-state index contributed by atoms with van der Waals surface area (Å²) in [5.41, 5.74) is 8.79. The van der Waals surface area contributed by atoms with Gasteiger partial charge in [0.05, 0.1) is 7.11 Å². The van der Waals surface area contributed by atoms with Gasteiger partial charge < -0.3 is 20.7 Å². The second-order valence-corrected chi connectivity index (χ2v) is 10.2. The Bertz CT molecular complexity index is 1110. The van der Waals surface area contributed by atoms with Crippen molar-refractivity contribution < 1.29 is 9.53 Å². The molecule has 1 atom stereocenters. The van der Waals surface area contributed by atoms with E-state index >= 15 is 0 Å². The number of hydrogen-bond acceptors (Lipinski definition) is 7. The van der Waals surface area contributed by atoms with Crippen molar-refractivity contribution in [2.45, 2.75) is 39.5 Å². The number of hydrogen-bond donors (Lipinski definition) is 2. The molecule has 1 aromatic heterocycles. The van der Waals surface area contributed by atoms with Crippen molar-refractivity contribution in [2.75, 3.05) is 36.1 Å². The molecule has 6 nitrogen and oxygen atoms in total. The van der Waals surface area contributed by atoms with Crippen LogP contribution in [0.4, 0.5) is 22.3 Å². The van der Waals surface area contributed by atoms with Gasteiger partial charge in [-0.05, 0) is 61.1 Å². The highest BCUT2D eigenvalue weighted by Crippen LogP contribution is 2.32. The van der Waals surface area contributed by atoms with Crippen LogP contribution in [0.3, 0.4) is 0 Å². The Morgan fingerprint density at radius 3 is 2.68 bits per heavy atom. The number of nitrogens with one attached hydrogen (secondary N) is 1. The minimum absolute atomic E-state index is 0.158. The molecule has 7 heteroatoms. The maximum atomic E-state index is 12.9. The molecule has 3 aromatic rings. The fourth-order valence-corrected chi connectivity index (χ4v) is 5.40. The lowest BCUT2D eigenvalue weighted by atomic mass is 9.86. The minimum Gasteiger partial charge on any atom is -0.497 e. The predicted molar refractivity (Wildman–Crippen MR) is 142 cm³/mol. The van der Waals surface area contributed by atoms with Gasteiger partial charge in [0.15, 0.2) is 5.13 Å². The summed E-state index contributed by atoms with van der Waals surface area (Å²) >= 11 is 1.26. The van der Waals surface area contributed by atoms with E-state index < -0.39 is 0 Å². The van der Waals surface area contributed by atoms with Crippen molar-refractivity contribution in [3.05, 3.63) is 59.0 Å². The van der Waals surface area contributed by atoms with E-state index in [2.05, 4.69) is 53.3 Å². The Labute approximate surface area is 206 Å². The molecule has 0 aliphatic carbocycles. The molecule has 3 N–H and O–H groups in total. The topological polar surface area (TPSA) is 80.5 Å². The number of carbonyl (C=O) groups is 1. The molecule has 1 aliphatic heterocycles. The zero-order chi connectivity index (χ0) is 24.1. The van der Waals surface area contributed by atoms with E-state index in [-0.39, 0.29) is 11.6 Å². The normalized spacial score (nSPS) is 16.7. The van der Waals surface area contributed by atoms with E-state index in [0.717, 1.165) is 30.6 Å². The van der Waals surface area contributed by atoms with Crippen molar-refractivity contribution in [1.29, 1.82) is 0 Å². The quantitative estimate of drug-likeness (QED) is 0.385. The third-order valence-corrected chi connectivity index (χ3v) is 7.63. The minimum atomic E-state index is -0.158. The first-order valence-corrected chi connectivity index (χ1v) is 12.8. The Kier molecular flexibility index (Phi) is 7.73. The average molecular weight is 479 g/mol. The third kappa shape index (κ3) is 5.70. The largest absolute Gasteiger partial charge is 0.497 e. The standard InChI is InChI=1S/C27H34N4O2S/c1-18(2)19-7-4-5-15-31(16-14-19)22-12-10-21(11-13-22)29-27-30-26(28)25(34-27)24(32)20-8-6-9-23(17-20)33-3/h6,8-13,17-19H,4-5,7,14-16,28H2,1-3H3,(H,29,30). The van der Waals surface area contributed by atoms with Gasteiger partial charge in [-0.15, -0.1) is 0 Å². The molecule has 4 rings (SSSR count). The Morgan fingerprint density at radius 1 is 1.15 bits per heavy atom. The molecule has 1 saturated heterocycles. The van der Waals surface area contributed by atoms with Crippen LogP contribution in [0.5, 0.6) is 5.75 Å². The van der Waals surface area contributed by atoms with Gasteiger partial charge in [0.1, 0.15) is 16.4 Å². The molecular weight excluding hydrogens is 444 g/mol. The number of ether oxygens (including phenoxy) is 1. The fraction of sp³-hybridized carbons (Fsp3) is 0.407. The maximum Gasteiger partial charge on any atom is 0.206 e. The van der Waals surface area contributed by atoms with E-state index in [1.165, 1.54) is 42.7 Å². The van der Waals surface area contributed by atoms with Crippen LogP contribution in [0.1, 0.15) is 54.8 Å². The predicted octanol–water partition coefficient (Wildman–Crippen LogP) is 6.36. The lowest BCUT2D eigenvalue weighted by Gasteiger charge is -2.31. The second-order valence-electron chi connectivity index (χ2n) is 9.24. The number of ketones is 1. The first-order valence-electron chi connectivity index (χ1n) is 12.0. The van der Waals surface area contributed by atoms with Gasteiger partial charge >= 0.3 is 0 Å². The molecule has 34 heavy (non-hydrogen) atoms. The number of methoxy groups -OCH3 is 1. The summed E-state index contributed by atoms with van der Waals surface area (Å²) < 4.78 is 5.23. The molecule has 1 unspecified atom stereocenters. The van der Waals surface area contributed by atoms with Crippen LogP contribution in [0.2, 0.25) is 0 Å². The van der Waals surface area contributed by atoms with E-state index in [0.29, 0.717) is 21.3 Å². The van der Waals surface area contributed by atoms with Gasteiger partial charge in [0.2, 0.25) is 5.78 Å².